The molecule has 0 unspecified atom stereocenters. The number of anilines is 2. The summed E-state index contributed by atoms with van der Waals surface area (Å²) in [6.07, 6.45) is 0. The van der Waals surface area contributed by atoms with Crippen LogP contribution >= 0.6 is 0 Å². The van der Waals surface area contributed by atoms with Gasteiger partial charge in [0.05, 0.1) is 21.9 Å². The molecule has 4 aromatic rings. The van der Waals surface area contributed by atoms with Gasteiger partial charge in [0.2, 0.25) is 0 Å². The lowest BCUT2D eigenvalue weighted by Crippen LogP contribution is -2.30. The molecule has 0 radical (unpaired) electrons. The molecule has 1 aromatic heterocycles. The largest absolute Gasteiger partial charge is 0.497 e. The number of nitrogens with zero attached hydrogens (tertiary/aromatic N) is 2. The molecule has 36 heavy (non-hydrogen) atoms. The Morgan fingerprint density at radius 3 is 2.33 bits per heavy atom. The number of amides is 1. The molecule has 0 saturated carbocycles. The van der Waals surface area contributed by atoms with Crippen LogP contribution in [-0.4, -0.2) is 36.3 Å². The molecule has 3 aromatic carbocycles. The Bertz CT molecular complexity index is 1610. The third kappa shape index (κ3) is 4.78. The quantitative estimate of drug-likeness (QED) is 0.233. The van der Waals surface area contributed by atoms with Crippen molar-refractivity contribution in [3.05, 3.63) is 92.7 Å². The number of non-ortho nitro benzene ring substituents is 2. The maximum Gasteiger partial charge on any atom is 0.293 e. The Balaban J connectivity index is 1.70. The lowest BCUT2D eigenvalue weighted by molar-refractivity contribution is -0.384. The van der Waals surface area contributed by atoms with Crippen LogP contribution in [0, 0.1) is 20.2 Å². The summed E-state index contributed by atoms with van der Waals surface area (Å²) in [5, 5.41) is 25.7. The predicted octanol–water partition coefficient (Wildman–Crippen LogP) is 3.86. The van der Waals surface area contributed by atoms with E-state index in [4.69, 9.17) is 4.74 Å². The summed E-state index contributed by atoms with van der Waals surface area (Å²) in [4.78, 5) is 36.6. The van der Waals surface area contributed by atoms with Gasteiger partial charge in [-0.15, -0.1) is 0 Å². The van der Waals surface area contributed by atoms with E-state index in [1.54, 1.807) is 6.07 Å². The molecule has 3 N–H and O–H groups in total. The summed E-state index contributed by atoms with van der Waals surface area (Å²) in [5.74, 6) is -0.621. The van der Waals surface area contributed by atoms with Gasteiger partial charge in [0.1, 0.15) is 17.0 Å². The van der Waals surface area contributed by atoms with Crippen LogP contribution < -0.4 is 14.8 Å². The summed E-state index contributed by atoms with van der Waals surface area (Å²) < 4.78 is 32.2. The zero-order valence-corrected chi connectivity index (χ0v) is 19.2. The number of rotatable bonds is 8. The molecule has 184 valence electrons. The normalized spacial score (nSPS) is 11.1. The second-order valence-electron chi connectivity index (χ2n) is 7.40. The van der Waals surface area contributed by atoms with Crippen LogP contribution in [0.15, 0.2) is 71.6 Å². The van der Waals surface area contributed by atoms with Gasteiger partial charge in [-0.25, -0.2) is 13.1 Å². The first-order valence-corrected chi connectivity index (χ1v) is 11.6. The lowest BCUT2D eigenvalue weighted by atomic mass is 10.1. The van der Waals surface area contributed by atoms with Crippen LogP contribution in [0.2, 0.25) is 0 Å². The van der Waals surface area contributed by atoms with Crippen LogP contribution in [0.3, 0.4) is 0 Å². The van der Waals surface area contributed by atoms with Crippen molar-refractivity contribution >= 4 is 49.6 Å². The molecular formula is C22H17N5O8S. The maximum absolute atomic E-state index is 12.8. The van der Waals surface area contributed by atoms with E-state index in [9.17, 15) is 33.4 Å². The minimum absolute atomic E-state index is 0.0394. The van der Waals surface area contributed by atoms with Crippen LogP contribution in [0.4, 0.5) is 22.7 Å². The van der Waals surface area contributed by atoms with Gasteiger partial charge < -0.3 is 15.0 Å². The standard InChI is InChI=1S/C22H17N5O8S/c1-35-15-5-7-16(8-6-15)36(33,34)25-22(28)19-12-17-18(9-10-20(27(31)32)21(17)24-19)23-13-3-2-4-14(11-13)26(29)30/h2-12,23-24H,1H3,(H,25,28). The minimum Gasteiger partial charge on any atom is -0.497 e. The van der Waals surface area contributed by atoms with Crippen molar-refractivity contribution < 1.29 is 27.8 Å². The van der Waals surface area contributed by atoms with E-state index < -0.39 is 25.8 Å². The first-order valence-electron chi connectivity index (χ1n) is 10.1. The van der Waals surface area contributed by atoms with Gasteiger partial charge in [-0.2, -0.15) is 0 Å². The fourth-order valence-corrected chi connectivity index (χ4v) is 4.40. The van der Waals surface area contributed by atoms with Crippen molar-refractivity contribution in [2.45, 2.75) is 4.90 Å². The van der Waals surface area contributed by atoms with Crippen molar-refractivity contribution in [3.63, 3.8) is 0 Å². The summed E-state index contributed by atoms with van der Waals surface area (Å²) in [6, 6.07) is 14.8. The Labute approximate surface area is 203 Å². The summed E-state index contributed by atoms with van der Waals surface area (Å²) in [6.45, 7) is 0. The highest BCUT2D eigenvalue weighted by Gasteiger charge is 2.24. The zero-order valence-electron chi connectivity index (χ0n) is 18.4. The van der Waals surface area contributed by atoms with E-state index in [0.717, 1.165) is 0 Å². The molecule has 1 heterocycles. The highest BCUT2D eigenvalue weighted by atomic mass is 32.2. The second-order valence-corrected chi connectivity index (χ2v) is 9.09. The van der Waals surface area contributed by atoms with Crippen LogP contribution in [0.25, 0.3) is 10.9 Å². The van der Waals surface area contributed by atoms with Gasteiger partial charge in [0, 0.05) is 35.0 Å². The number of methoxy groups -OCH3 is 1. The van der Waals surface area contributed by atoms with Crippen molar-refractivity contribution in [1.82, 2.24) is 9.71 Å². The third-order valence-corrected chi connectivity index (χ3v) is 6.49. The number of nitro groups is 2. The van der Waals surface area contributed by atoms with E-state index >= 15 is 0 Å². The molecule has 0 aliphatic rings. The molecule has 13 nitrogen and oxygen atoms in total. The van der Waals surface area contributed by atoms with Gasteiger partial charge >= 0.3 is 0 Å². The van der Waals surface area contributed by atoms with Crippen molar-refractivity contribution in [1.29, 1.82) is 0 Å². The number of ether oxygens (including phenoxy) is 1. The Morgan fingerprint density at radius 1 is 0.972 bits per heavy atom. The van der Waals surface area contributed by atoms with Crippen molar-refractivity contribution in [2.24, 2.45) is 0 Å². The molecular weight excluding hydrogens is 494 g/mol. The first kappa shape index (κ1) is 24.2. The number of aromatic nitrogens is 1. The van der Waals surface area contributed by atoms with Gasteiger partial charge in [-0.3, -0.25) is 25.0 Å². The van der Waals surface area contributed by atoms with Crippen molar-refractivity contribution in [3.8, 4) is 5.75 Å². The molecule has 0 fully saturated rings. The van der Waals surface area contributed by atoms with E-state index in [1.165, 1.54) is 67.8 Å². The number of hydrogen-bond acceptors (Lipinski definition) is 9. The van der Waals surface area contributed by atoms with E-state index in [2.05, 4.69) is 10.3 Å². The maximum atomic E-state index is 12.8. The third-order valence-electron chi connectivity index (χ3n) is 5.15. The van der Waals surface area contributed by atoms with Gasteiger partial charge in [0.15, 0.2) is 0 Å². The topological polar surface area (TPSA) is 187 Å². The summed E-state index contributed by atoms with van der Waals surface area (Å²) >= 11 is 0. The number of sulfonamides is 1. The number of carbonyl (C=O) groups is 1. The molecule has 0 aliphatic carbocycles. The first-order chi connectivity index (χ1) is 17.1. The minimum atomic E-state index is -4.26. The monoisotopic (exact) mass is 511 g/mol. The number of nitro benzene ring substituents is 2. The lowest BCUT2D eigenvalue weighted by Gasteiger charge is -2.08. The molecule has 0 bridgehead atoms. The Morgan fingerprint density at radius 2 is 1.69 bits per heavy atom. The molecule has 0 saturated heterocycles. The highest BCUT2D eigenvalue weighted by molar-refractivity contribution is 7.90. The smallest absolute Gasteiger partial charge is 0.293 e. The SMILES string of the molecule is COc1ccc(S(=O)(=O)NC(=O)c2cc3c(Nc4cccc([N+](=O)[O-])c4)ccc([N+](=O)[O-])c3[nH]2)cc1. The van der Waals surface area contributed by atoms with Crippen LogP contribution in [0.1, 0.15) is 10.5 Å². The van der Waals surface area contributed by atoms with Gasteiger partial charge in [0.25, 0.3) is 27.3 Å². The van der Waals surface area contributed by atoms with Gasteiger partial charge in [-0.1, -0.05) is 6.07 Å². The van der Waals surface area contributed by atoms with Crippen molar-refractivity contribution in [2.75, 3.05) is 12.4 Å². The fourth-order valence-electron chi connectivity index (χ4n) is 3.43. The van der Waals surface area contributed by atoms with E-state index in [-0.39, 0.29) is 32.9 Å². The predicted molar refractivity (Wildman–Crippen MR) is 129 cm³/mol. The fraction of sp³-hybridized carbons (Fsp3) is 0.0455. The molecule has 14 heteroatoms. The molecule has 4 rings (SSSR count). The molecule has 0 aliphatic heterocycles. The van der Waals surface area contributed by atoms with E-state index in [0.29, 0.717) is 17.1 Å². The number of nitrogens with one attached hydrogen (secondary N) is 3. The average Bonchev–Trinajstić information content (AvgIpc) is 3.30. The number of aromatic amines is 1. The zero-order chi connectivity index (χ0) is 26.0. The Hall–Kier alpha value is -4.98. The van der Waals surface area contributed by atoms with Crippen LogP contribution in [-0.2, 0) is 10.0 Å². The number of benzene rings is 3. The molecule has 0 atom stereocenters. The highest BCUT2D eigenvalue weighted by Crippen LogP contribution is 2.34. The second kappa shape index (κ2) is 9.34. The Kier molecular flexibility index (Phi) is 6.27. The average molecular weight is 511 g/mol. The number of hydrogen-bond donors (Lipinski definition) is 3. The summed E-state index contributed by atoms with van der Waals surface area (Å²) in [7, 11) is -2.84. The van der Waals surface area contributed by atoms with Crippen LogP contribution in [0.5, 0.6) is 5.75 Å². The van der Waals surface area contributed by atoms with Gasteiger partial charge in [-0.05, 0) is 42.5 Å². The number of carbonyl (C=O) groups excluding carboxylic acids is 1. The molecule has 1 amide bonds. The number of fused-ring (bicyclic) bond motifs is 1. The summed E-state index contributed by atoms with van der Waals surface area (Å²) in [5.41, 5.74) is -0.193. The number of H-pyrrole nitrogens is 1. The van der Waals surface area contributed by atoms with E-state index in [1.807, 2.05) is 4.72 Å². The molecule has 0 spiro atoms.